The SMILES string of the molecule is Clc1ccc(N=C2OCCC[Se]2)cc1. The molecule has 2 rings (SSSR count). The molecule has 0 radical (unpaired) electrons. The van der Waals surface area contributed by atoms with Gasteiger partial charge in [0.25, 0.3) is 0 Å². The van der Waals surface area contributed by atoms with Crippen LogP contribution in [0.3, 0.4) is 0 Å². The summed E-state index contributed by atoms with van der Waals surface area (Å²) in [4.78, 5) is 5.33. The Bertz CT molecular complexity index is 328. The Balaban J connectivity index is 2.11. The van der Waals surface area contributed by atoms with Crippen LogP contribution in [-0.4, -0.2) is 26.4 Å². The Labute approximate surface area is 94.5 Å². The fourth-order valence-electron chi connectivity index (χ4n) is 1.11. The van der Waals surface area contributed by atoms with Crippen molar-refractivity contribution in [2.45, 2.75) is 11.7 Å². The van der Waals surface area contributed by atoms with Gasteiger partial charge < -0.3 is 0 Å². The molecule has 0 spiro atoms. The van der Waals surface area contributed by atoms with Gasteiger partial charge in [-0.15, -0.1) is 0 Å². The number of rotatable bonds is 1. The van der Waals surface area contributed by atoms with E-state index < -0.39 is 0 Å². The van der Waals surface area contributed by atoms with Gasteiger partial charge in [-0.2, -0.15) is 0 Å². The van der Waals surface area contributed by atoms with Crippen LogP contribution >= 0.6 is 11.6 Å². The molecule has 1 aromatic carbocycles. The van der Waals surface area contributed by atoms with Crippen LogP contribution in [0.1, 0.15) is 6.42 Å². The molecule has 0 N–H and O–H groups in total. The van der Waals surface area contributed by atoms with Gasteiger partial charge >= 0.3 is 94.4 Å². The minimum atomic E-state index is 0.415. The first-order chi connectivity index (χ1) is 6.84. The molecule has 1 fully saturated rings. The first-order valence-electron chi connectivity index (χ1n) is 4.44. The summed E-state index contributed by atoms with van der Waals surface area (Å²) in [5.74, 6) is 0. The molecule has 14 heavy (non-hydrogen) atoms. The van der Waals surface area contributed by atoms with Crippen molar-refractivity contribution in [3.05, 3.63) is 29.3 Å². The second-order valence-corrected chi connectivity index (χ2v) is 5.54. The number of nitrogens with zero attached hydrogens (tertiary/aromatic N) is 1. The van der Waals surface area contributed by atoms with Crippen molar-refractivity contribution >= 4 is 37.0 Å². The van der Waals surface area contributed by atoms with Crippen LogP contribution < -0.4 is 0 Å². The quantitative estimate of drug-likeness (QED) is 0.722. The predicted octanol–water partition coefficient (Wildman–Crippen LogP) is 2.87. The van der Waals surface area contributed by atoms with E-state index in [1.54, 1.807) is 0 Å². The molecule has 1 aromatic rings. The molecule has 0 bridgehead atoms. The molecule has 4 heteroatoms. The van der Waals surface area contributed by atoms with E-state index >= 15 is 0 Å². The van der Waals surface area contributed by atoms with Gasteiger partial charge in [0, 0.05) is 0 Å². The number of benzene rings is 1. The minimum absolute atomic E-state index is 0.415. The van der Waals surface area contributed by atoms with Gasteiger partial charge in [-0.05, 0) is 0 Å². The van der Waals surface area contributed by atoms with Crippen molar-refractivity contribution in [1.29, 1.82) is 0 Å². The van der Waals surface area contributed by atoms with E-state index in [0.29, 0.717) is 15.0 Å². The van der Waals surface area contributed by atoms with Crippen molar-refractivity contribution < 1.29 is 4.74 Å². The maximum absolute atomic E-state index is 5.78. The van der Waals surface area contributed by atoms with E-state index in [9.17, 15) is 0 Å². The average molecular weight is 275 g/mol. The molecule has 0 atom stereocenters. The predicted molar refractivity (Wildman–Crippen MR) is 59.7 cm³/mol. The number of ether oxygens (including phenoxy) is 1. The molecule has 74 valence electrons. The van der Waals surface area contributed by atoms with Gasteiger partial charge in [0.15, 0.2) is 0 Å². The summed E-state index contributed by atoms with van der Waals surface area (Å²) in [5, 5.41) is 1.98. The van der Waals surface area contributed by atoms with Crippen LogP contribution in [-0.2, 0) is 4.74 Å². The van der Waals surface area contributed by atoms with Gasteiger partial charge in [0.1, 0.15) is 0 Å². The molecule has 0 unspecified atom stereocenters. The van der Waals surface area contributed by atoms with Gasteiger partial charge in [0.05, 0.1) is 0 Å². The van der Waals surface area contributed by atoms with Crippen molar-refractivity contribution in [3.8, 4) is 0 Å². The fourth-order valence-corrected chi connectivity index (χ4v) is 2.85. The molecule has 0 amide bonds. The second kappa shape index (κ2) is 4.83. The topological polar surface area (TPSA) is 21.6 Å². The summed E-state index contributed by atoms with van der Waals surface area (Å²) >= 11 is 6.19. The van der Waals surface area contributed by atoms with Crippen LogP contribution in [0.25, 0.3) is 0 Å². The van der Waals surface area contributed by atoms with Gasteiger partial charge in [-0.25, -0.2) is 0 Å². The summed E-state index contributed by atoms with van der Waals surface area (Å²) in [6.07, 6.45) is 1.17. The summed E-state index contributed by atoms with van der Waals surface area (Å²) in [6, 6.07) is 7.50. The molecule has 0 aromatic heterocycles. The van der Waals surface area contributed by atoms with Crippen LogP contribution in [0.15, 0.2) is 29.3 Å². The molecule has 0 saturated carbocycles. The van der Waals surface area contributed by atoms with E-state index in [2.05, 4.69) is 4.99 Å². The molecule has 1 saturated heterocycles. The first-order valence-corrected chi connectivity index (χ1v) is 6.89. The van der Waals surface area contributed by atoms with Crippen molar-refractivity contribution in [2.75, 3.05) is 6.61 Å². The monoisotopic (exact) mass is 275 g/mol. The number of hydrogen-bond donors (Lipinski definition) is 0. The normalized spacial score (nSPS) is 19.4. The molecule has 1 heterocycles. The number of halogens is 1. The summed E-state index contributed by atoms with van der Waals surface area (Å²) in [6.45, 7) is 0.814. The third kappa shape index (κ3) is 2.74. The third-order valence-electron chi connectivity index (χ3n) is 1.79. The molecular formula is C10H10ClNOSe. The van der Waals surface area contributed by atoms with E-state index in [-0.39, 0.29) is 0 Å². The fraction of sp³-hybridized carbons (Fsp3) is 0.300. The van der Waals surface area contributed by atoms with E-state index in [1.807, 2.05) is 24.3 Å². The zero-order valence-corrected chi connectivity index (χ0v) is 10.0. The Kier molecular flexibility index (Phi) is 3.46. The van der Waals surface area contributed by atoms with Crippen molar-refractivity contribution in [3.63, 3.8) is 0 Å². The summed E-state index contributed by atoms with van der Waals surface area (Å²) < 4.78 is 5.46. The standard InChI is InChI=1S/C10H10ClNOSe/c11-8-2-4-9(5-3-8)12-10-13-6-1-7-14-10/h2-5H,1,6-7H2. The van der Waals surface area contributed by atoms with E-state index in [0.717, 1.165) is 22.1 Å². The molecular weight excluding hydrogens is 265 g/mol. The van der Waals surface area contributed by atoms with E-state index in [4.69, 9.17) is 16.3 Å². The maximum atomic E-state index is 5.78. The first kappa shape index (κ1) is 10.0. The zero-order valence-electron chi connectivity index (χ0n) is 7.57. The van der Waals surface area contributed by atoms with Crippen LogP contribution in [0.4, 0.5) is 5.69 Å². The summed E-state index contributed by atoms with van der Waals surface area (Å²) in [5.41, 5.74) is 0.924. The Morgan fingerprint density at radius 1 is 1.29 bits per heavy atom. The molecule has 0 aliphatic carbocycles. The number of hydrogen-bond acceptors (Lipinski definition) is 2. The van der Waals surface area contributed by atoms with Gasteiger partial charge in [-0.3, -0.25) is 0 Å². The second-order valence-electron chi connectivity index (χ2n) is 2.90. The van der Waals surface area contributed by atoms with Crippen LogP contribution in [0.5, 0.6) is 0 Å². The Morgan fingerprint density at radius 2 is 2.07 bits per heavy atom. The zero-order chi connectivity index (χ0) is 9.80. The average Bonchev–Trinajstić information content (AvgIpc) is 2.23. The Hall–Kier alpha value is -0.501. The Morgan fingerprint density at radius 3 is 2.71 bits per heavy atom. The third-order valence-corrected chi connectivity index (χ3v) is 4.03. The van der Waals surface area contributed by atoms with Gasteiger partial charge in [-0.1, -0.05) is 0 Å². The van der Waals surface area contributed by atoms with Crippen LogP contribution in [0.2, 0.25) is 10.3 Å². The van der Waals surface area contributed by atoms with Crippen molar-refractivity contribution in [1.82, 2.24) is 0 Å². The number of aliphatic imine (C=N–C) groups is 1. The van der Waals surface area contributed by atoms with E-state index in [1.165, 1.54) is 11.7 Å². The molecule has 1 aliphatic heterocycles. The molecule has 1 aliphatic rings. The van der Waals surface area contributed by atoms with Crippen LogP contribution in [0, 0.1) is 0 Å². The molecule has 2 nitrogen and oxygen atoms in total. The van der Waals surface area contributed by atoms with Gasteiger partial charge in [0.2, 0.25) is 0 Å². The van der Waals surface area contributed by atoms with Crippen molar-refractivity contribution in [2.24, 2.45) is 4.99 Å². The summed E-state index contributed by atoms with van der Waals surface area (Å²) in [7, 11) is 0.